The molecule has 5 N–H and O–H groups in total. The van der Waals surface area contributed by atoms with Crippen molar-refractivity contribution < 1.29 is 35.0 Å². The SMILES string of the molecule is OCO[C@H]1OC(CO)[C@@H](O)[C@@H](O)C1O. The minimum Gasteiger partial charge on any atom is -0.394 e. The Labute approximate surface area is 80.1 Å². The molecule has 0 radical (unpaired) electrons. The third-order valence-electron chi connectivity index (χ3n) is 2.09. The van der Waals surface area contributed by atoms with Crippen LogP contribution in [-0.2, 0) is 9.47 Å². The lowest BCUT2D eigenvalue weighted by molar-refractivity contribution is -0.313. The first-order valence-corrected chi connectivity index (χ1v) is 4.14. The van der Waals surface area contributed by atoms with E-state index in [4.69, 9.17) is 14.9 Å². The molecular formula is C7H14O7. The van der Waals surface area contributed by atoms with Crippen molar-refractivity contribution in [1.82, 2.24) is 0 Å². The Bertz CT molecular complexity index is 171. The summed E-state index contributed by atoms with van der Waals surface area (Å²) >= 11 is 0. The summed E-state index contributed by atoms with van der Waals surface area (Å²) in [7, 11) is 0. The summed E-state index contributed by atoms with van der Waals surface area (Å²) in [6, 6.07) is 0. The number of aliphatic hydroxyl groups excluding tert-OH is 5. The van der Waals surface area contributed by atoms with Gasteiger partial charge in [0.25, 0.3) is 0 Å². The fourth-order valence-electron chi connectivity index (χ4n) is 1.28. The smallest absolute Gasteiger partial charge is 0.189 e. The zero-order valence-electron chi connectivity index (χ0n) is 7.35. The summed E-state index contributed by atoms with van der Waals surface area (Å²) in [4.78, 5) is 0. The first kappa shape index (κ1) is 11.8. The van der Waals surface area contributed by atoms with E-state index in [2.05, 4.69) is 4.74 Å². The second-order valence-corrected chi connectivity index (χ2v) is 2.99. The van der Waals surface area contributed by atoms with Gasteiger partial charge in [-0.25, -0.2) is 0 Å². The van der Waals surface area contributed by atoms with E-state index in [1.54, 1.807) is 0 Å². The van der Waals surface area contributed by atoms with E-state index in [0.29, 0.717) is 0 Å². The van der Waals surface area contributed by atoms with Crippen LogP contribution >= 0.6 is 0 Å². The monoisotopic (exact) mass is 210 g/mol. The Balaban J connectivity index is 2.63. The Morgan fingerprint density at radius 1 is 1.00 bits per heavy atom. The molecule has 84 valence electrons. The van der Waals surface area contributed by atoms with Gasteiger partial charge >= 0.3 is 0 Å². The van der Waals surface area contributed by atoms with Gasteiger partial charge < -0.3 is 35.0 Å². The normalized spacial score (nSPS) is 43.9. The highest BCUT2D eigenvalue weighted by atomic mass is 16.7. The second-order valence-electron chi connectivity index (χ2n) is 2.99. The van der Waals surface area contributed by atoms with E-state index in [9.17, 15) is 15.3 Å². The van der Waals surface area contributed by atoms with Gasteiger partial charge in [0.05, 0.1) is 6.61 Å². The molecule has 1 saturated heterocycles. The lowest BCUT2D eigenvalue weighted by atomic mass is 9.99. The van der Waals surface area contributed by atoms with E-state index < -0.39 is 44.1 Å². The lowest BCUT2D eigenvalue weighted by Gasteiger charge is -2.39. The Morgan fingerprint density at radius 3 is 2.14 bits per heavy atom. The summed E-state index contributed by atoms with van der Waals surface area (Å²) in [5.41, 5.74) is 0. The summed E-state index contributed by atoms with van der Waals surface area (Å²) in [5.74, 6) is 0. The maximum Gasteiger partial charge on any atom is 0.189 e. The van der Waals surface area contributed by atoms with Crippen LogP contribution < -0.4 is 0 Å². The van der Waals surface area contributed by atoms with Crippen molar-refractivity contribution in [3.63, 3.8) is 0 Å². The van der Waals surface area contributed by atoms with Gasteiger partial charge in [0.15, 0.2) is 6.29 Å². The molecule has 0 bridgehead atoms. The van der Waals surface area contributed by atoms with Gasteiger partial charge in [-0.15, -0.1) is 0 Å². The Kier molecular flexibility index (Phi) is 4.20. The Morgan fingerprint density at radius 2 is 1.64 bits per heavy atom. The molecule has 7 heteroatoms. The standard InChI is InChI=1S/C7H14O7/c8-1-3-4(10)5(11)6(12)7(14-3)13-2-9/h3-12H,1-2H2/t3?,4-,5-,6?,7+/m1/s1. The van der Waals surface area contributed by atoms with Crippen LogP contribution in [0, 0.1) is 0 Å². The molecule has 0 saturated carbocycles. The van der Waals surface area contributed by atoms with Crippen molar-refractivity contribution in [3.8, 4) is 0 Å². The molecule has 5 atom stereocenters. The van der Waals surface area contributed by atoms with E-state index in [-0.39, 0.29) is 0 Å². The van der Waals surface area contributed by atoms with Gasteiger partial charge in [-0.3, -0.25) is 0 Å². The van der Waals surface area contributed by atoms with Gasteiger partial charge in [0.2, 0.25) is 0 Å². The van der Waals surface area contributed by atoms with Crippen LogP contribution in [0.5, 0.6) is 0 Å². The zero-order valence-corrected chi connectivity index (χ0v) is 7.35. The predicted octanol–water partition coefficient (Wildman–Crippen LogP) is -3.25. The molecule has 0 spiro atoms. The van der Waals surface area contributed by atoms with Crippen molar-refractivity contribution in [2.24, 2.45) is 0 Å². The summed E-state index contributed by atoms with van der Waals surface area (Å²) in [6.07, 6.45) is -6.61. The van der Waals surface area contributed by atoms with Crippen LogP contribution in [0.4, 0.5) is 0 Å². The quantitative estimate of drug-likeness (QED) is 0.310. The van der Waals surface area contributed by atoms with Crippen molar-refractivity contribution >= 4 is 0 Å². The third-order valence-corrected chi connectivity index (χ3v) is 2.09. The molecule has 0 aromatic rings. The summed E-state index contributed by atoms with van der Waals surface area (Å²) in [6.45, 7) is -1.21. The predicted molar refractivity (Wildman–Crippen MR) is 41.9 cm³/mol. The number of ether oxygens (including phenoxy) is 2. The van der Waals surface area contributed by atoms with Crippen LogP contribution in [0.25, 0.3) is 0 Å². The molecule has 1 fully saturated rings. The van der Waals surface area contributed by atoms with Crippen molar-refractivity contribution in [1.29, 1.82) is 0 Å². The molecule has 7 nitrogen and oxygen atoms in total. The van der Waals surface area contributed by atoms with E-state index in [0.717, 1.165) is 0 Å². The molecule has 1 rings (SSSR count). The van der Waals surface area contributed by atoms with Crippen LogP contribution in [-0.4, -0.2) is 69.6 Å². The summed E-state index contributed by atoms with van der Waals surface area (Å²) < 4.78 is 9.43. The highest BCUT2D eigenvalue weighted by molar-refractivity contribution is 4.88. The Hall–Kier alpha value is -0.280. The number of rotatable bonds is 3. The van der Waals surface area contributed by atoms with E-state index in [1.807, 2.05) is 0 Å². The topological polar surface area (TPSA) is 120 Å². The molecule has 14 heavy (non-hydrogen) atoms. The minimum absolute atomic E-state index is 0.518. The van der Waals surface area contributed by atoms with Crippen molar-refractivity contribution in [2.45, 2.75) is 30.7 Å². The van der Waals surface area contributed by atoms with Crippen LogP contribution in [0.2, 0.25) is 0 Å². The highest BCUT2D eigenvalue weighted by Crippen LogP contribution is 2.21. The van der Waals surface area contributed by atoms with E-state index in [1.165, 1.54) is 0 Å². The minimum atomic E-state index is -1.47. The zero-order chi connectivity index (χ0) is 10.7. The van der Waals surface area contributed by atoms with Gasteiger partial charge in [-0.05, 0) is 0 Å². The molecule has 1 aliphatic heterocycles. The lowest BCUT2D eigenvalue weighted by Crippen LogP contribution is -2.59. The first-order chi connectivity index (χ1) is 6.61. The van der Waals surface area contributed by atoms with Crippen LogP contribution in [0.1, 0.15) is 0 Å². The molecule has 1 heterocycles. The average Bonchev–Trinajstić information content (AvgIpc) is 2.19. The van der Waals surface area contributed by atoms with E-state index >= 15 is 0 Å². The third kappa shape index (κ3) is 2.20. The first-order valence-electron chi connectivity index (χ1n) is 4.14. The molecule has 0 aromatic heterocycles. The van der Waals surface area contributed by atoms with Gasteiger partial charge in [0.1, 0.15) is 31.2 Å². The average molecular weight is 210 g/mol. The van der Waals surface area contributed by atoms with Gasteiger partial charge in [0, 0.05) is 0 Å². The largest absolute Gasteiger partial charge is 0.394 e. The second kappa shape index (κ2) is 4.99. The van der Waals surface area contributed by atoms with Gasteiger partial charge in [-0.2, -0.15) is 0 Å². The maximum absolute atomic E-state index is 9.30. The van der Waals surface area contributed by atoms with Gasteiger partial charge in [-0.1, -0.05) is 0 Å². The molecule has 2 unspecified atom stereocenters. The number of hydrogen-bond donors (Lipinski definition) is 5. The molecule has 1 aliphatic rings. The number of hydrogen-bond acceptors (Lipinski definition) is 7. The van der Waals surface area contributed by atoms with Crippen LogP contribution in [0.15, 0.2) is 0 Å². The summed E-state index contributed by atoms with van der Waals surface area (Å²) in [5, 5.41) is 45.1. The van der Waals surface area contributed by atoms with Crippen molar-refractivity contribution in [3.05, 3.63) is 0 Å². The fourth-order valence-corrected chi connectivity index (χ4v) is 1.28. The number of aliphatic hydroxyl groups is 5. The molecule has 0 aromatic carbocycles. The van der Waals surface area contributed by atoms with Crippen LogP contribution in [0.3, 0.4) is 0 Å². The molecular weight excluding hydrogens is 196 g/mol. The molecule has 0 amide bonds. The fraction of sp³-hybridized carbons (Fsp3) is 1.00. The highest BCUT2D eigenvalue weighted by Gasteiger charge is 2.43. The maximum atomic E-state index is 9.30. The molecule has 0 aliphatic carbocycles. The van der Waals surface area contributed by atoms with Crippen molar-refractivity contribution in [2.75, 3.05) is 13.4 Å².